The number of carbonyl (C=O) groups excluding carboxylic acids is 2. The van der Waals surface area contributed by atoms with Crippen molar-refractivity contribution in [3.8, 4) is 0 Å². The van der Waals surface area contributed by atoms with Gasteiger partial charge in [0.1, 0.15) is 0 Å². The minimum Gasteiger partial charge on any atom is -0.481 e. The van der Waals surface area contributed by atoms with Gasteiger partial charge in [-0.1, -0.05) is 41.0 Å². The molecule has 0 aliphatic rings. The highest BCUT2D eigenvalue weighted by Gasteiger charge is 2.24. The zero-order valence-electron chi connectivity index (χ0n) is 16.2. The first kappa shape index (κ1) is 23.2. The molecule has 0 aromatic heterocycles. The maximum absolute atomic E-state index is 11.7. The topological polar surface area (TPSA) is 102 Å². The summed E-state index contributed by atoms with van der Waals surface area (Å²) in [5, 5.41) is 11.8. The molecule has 0 rings (SSSR count). The predicted molar refractivity (Wildman–Crippen MR) is 93.9 cm³/mol. The van der Waals surface area contributed by atoms with E-state index in [1.807, 2.05) is 6.92 Å². The van der Waals surface area contributed by atoms with Gasteiger partial charge in [-0.25, -0.2) is 4.79 Å². The molecule has 0 radical (unpaired) electrons. The van der Waals surface area contributed by atoms with Gasteiger partial charge in [0.15, 0.2) is 0 Å². The van der Waals surface area contributed by atoms with Gasteiger partial charge in [0.25, 0.3) is 0 Å². The van der Waals surface area contributed by atoms with Crippen molar-refractivity contribution < 1.29 is 29.0 Å². The predicted octanol–water partition coefficient (Wildman–Crippen LogP) is 3.42. The number of carboxylic acids is 1. The van der Waals surface area contributed by atoms with Crippen LogP contribution in [0.15, 0.2) is 0 Å². The van der Waals surface area contributed by atoms with Crippen LogP contribution in [0.5, 0.6) is 0 Å². The molecule has 0 unspecified atom stereocenters. The van der Waals surface area contributed by atoms with Crippen molar-refractivity contribution in [3.63, 3.8) is 0 Å². The van der Waals surface area contributed by atoms with Crippen molar-refractivity contribution in [3.05, 3.63) is 0 Å². The first-order valence-corrected chi connectivity index (χ1v) is 8.94. The minimum absolute atomic E-state index is 0.0202. The van der Waals surface area contributed by atoms with Crippen molar-refractivity contribution in [2.45, 2.75) is 67.1 Å². The van der Waals surface area contributed by atoms with E-state index < -0.39 is 30.2 Å². The highest BCUT2D eigenvalue weighted by Crippen LogP contribution is 2.23. The summed E-state index contributed by atoms with van der Waals surface area (Å²) in [6, 6.07) is 0. The van der Waals surface area contributed by atoms with Crippen LogP contribution in [0, 0.1) is 23.7 Å². The Balaban J connectivity index is 4.43. The van der Waals surface area contributed by atoms with Crippen LogP contribution in [-0.2, 0) is 19.1 Å². The first-order chi connectivity index (χ1) is 11.6. The maximum atomic E-state index is 11.7. The summed E-state index contributed by atoms with van der Waals surface area (Å²) < 4.78 is 9.84. The molecule has 7 heteroatoms. The standard InChI is InChI=1S/C18H33NO6/c1-7-14(8-11(2)3)9-15(16(20)21)10-19-18(23)25-13(6)24-17(22)12(4)5/h11-15H,7-10H2,1-6H3,(H,19,23)(H,20,21)/t13-,14-,15-/m0/s1. The van der Waals surface area contributed by atoms with Crippen LogP contribution in [0.2, 0.25) is 0 Å². The summed E-state index contributed by atoms with van der Waals surface area (Å²) in [5.41, 5.74) is 0. The summed E-state index contributed by atoms with van der Waals surface area (Å²) in [6.45, 7) is 11.0. The van der Waals surface area contributed by atoms with Crippen molar-refractivity contribution in [2.75, 3.05) is 6.54 Å². The van der Waals surface area contributed by atoms with Crippen molar-refractivity contribution >= 4 is 18.0 Å². The Bertz CT molecular complexity index is 435. The fourth-order valence-electron chi connectivity index (χ4n) is 2.49. The minimum atomic E-state index is -1.03. The lowest BCUT2D eigenvalue weighted by atomic mass is 9.86. The lowest BCUT2D eigenvalue weighted by Crippen LogP contribution is -2.36. The number of carboxylic acid groups (broad SMARTS) is 1. The lowest BCUT2D eigenvalue weighted by Gasteiger charge is -2.22. The number of hydrogen-bond donors (Lipinski definition) is 2. The Morgan fingerprint density at radius 1 is 1.00 bits per heavy atom. The molecule has 0 saturated carbocycles. The Kier molecular flexibility index (Phi) is 10.9. The molecule has 0 spiro atoms. The van der Waals surface area contributed by atoms with E-state index in [1.54, 1.807) is 13.8 Å². The SMILES string of the molecule is CC[C@@H](CC(C)C)C[C@@H](CNC(=O)O[C@@H](C)OC(=O)C(C)C)C(=O)O. The summed E-state index contributed by atoms with van der Waals surface area (Å²) >= 11 is 0. The average Bonchev–Trinajstić information content (AvgIpc) is 2.48. The summed E-state index contributed by atoms with van der Waals surface area (Å²) in [5.74, 6) is -1.62. The number of esters is 1. The number of rotatable bonds is 11. The van der Waals surface area contributed by atoms with Gasteiger partial charge in [-0.05, 0) is 24.7 Å². The fraction of sp³-hybridized carbons (Fsp3) is 0.833. The molecule has 2 N–H and O–H groups in total. The van der Waals surface area contributed by atoms with Gasteiger partial charge < -0.3 is 19.9 Å². The highest BCUT2D eigenvalue weighted by molar-refractivity contribution is 5.73. The number of ether oxygens (including phenoxy) is 2. The van der Waals surface area contributed by atoms with Gasteiger partial charge in [-0.2, -0.15) is 0 Å². The third-order valence-corrected chi connectivity index (χ3v) is 3.87. The second-order valence-electron chi connectivity index (χ2n) is 7.12. The molecule has 7 nitrogen and oxygen atoms in total. The largest absolute Gasteiger partial charge is 0.481 e. The number of alkyl carbamates (subject to hydrolysis) is 1. The number of nitrogens with one attached hydrogen (secondary N) is 1. The van der Waals surface area contributed by atoms with E-state index in [4.69, 9.17) is 9.47 Å². The van der Waals surface area contributed by atoms with Gasteiger partial charge in [0.2, 0.25) is 6.29 Å². The van der Waals surface area contributed by atoms with Crippen LogP contribution >= 0.6 is 0 Å². The van der Waals surface area contributed by atoms with E-state index in [0.717, 1.165) is 12.8 Å². The number of hydrogen-bond acceptors (Lipinski definition) is 5. The molecule has 3 atom stereocenters. The third kappa shape index (κ3) is 10.6. The number of aliphatic carboxylic acids is 1. The zero-order chi connectivity index (χ0) is 19.6. The van der Waals surface area contributed by atoms with Crippen LogP contribution in [-0.4, -0.2) is 36.0 Å². The van der Waals surface area contributed by atoms with Gasteiger partial charge >= 0.3 is 18.0 Å². The molecule has 0 aliphatic carbocycles. The normalized spacial score (nSPS) is 14.7. The van der Waals surface area contributed by atoms with Crippen LogP contribution in [0.4, 0.5) is 4.79 Å². The Labute approximate surface area is 150 Å². The molecule has 0 aromatic carbocycles. The molecule has 146 valence electrons. The number of amides is 1. The van der Waals surface area contributed by atoms with E-state index in [1.165, 1.54) is 6.92 Å². The average molecular weight is 359 g/mol. The molecule has 25 heavy (non-hydrogen) atoms. The molecule has 1 amide bonds. The van der Waals surface area contributed by atoms with E-state index in [2.05, 4.69) is 19.2 Å². The Morgan fingerprint density at radius 2 is 1.60 bits per heavy atom. The first-order valence-electron chi connectivity index (χ1n) is 8.94. The zero-order valence-corrected chi connectivity index (χ0v) is 16.2. The number of carbonyl (C=O) groups is 3. The van der Waals surface area contributed by atoms with Crippen LogP contribution in [0.25, 0.3) is 0 Å². The molecule has 0 saturated heterocycles. The van der Waals surface area contributed by atoms with Gasteiger partial charge in [0, 0.05) is 13.5 Å². The molecule has 0 fully saturated rings. The van der Waals surface area contributed by atoms with E-state index >= 15 is 0 Å². The molecule has 0 aromatic rings. The van der Waals surface area contributed by atoms with Crippen LogP contribution in [0.3, 0.4) is 0 Å². The summed E-state index contributed by atoms with van der Waals surface area (Å²) in [6.07, 6.45) is 0.527. The molecule has 0 heterocycles. The second-order valence-corrected chi connectivity index (χ2v) is 7.12. The Morgan fingerprint density at radius 3 is 2.04 bits per heavy atom. The molecule has 0 bridgehead atoms. The van der Waals surface area contributed by atoms with E-state index in [-0.39, 0.29) is 12.5 Å². The van der Waals surface area contributed by atoms with Gasteiger partial charge in [-0.15, -0.1) is 0 Å². The lowest BCUT2D eigenvalue weighted by molar-refractivity contribution is -0.168. The second kappa shape index (κ2) is 11.7. The fourth-order valence-corrected chi connectivity index (χ4v) is 2.49. The molecular formula is C18H33NO6. The third-order valence-electron chi connectivity index (χ3n) is 3.87. The summed E-state index contributed by atoms with van der Waals surface area (Å²) in [7, 11) is 0. The maximum Gasteiger partial charge on any atom is 0.410 e. The smallest absolute Gasteiger partial charge is 0.410 e. The van der Waals surface area contributed by atoms with Gasteiger partial charge in [0.05, 0.1) is 11.8 Å². The van der Waals surface area contributed by atoms with Crippen molar-refractivity contribution in [1.82, 2.24) is 5.32 Å². The highest BCUT2D eigenvalue weighted by atomic mass is 16.7. The quantitative estimate of drug-likeness (QED) is 0.433. The van der Waals surface area contributed by atoms with E-state index in [9.17, 15) is 19.5 Å². The van der Waals surface area contributed by atoms with Crippen LogP contribution < -0.4 is 5.32 Å². The van der Waals surface area contributed by atoms with Crippen molar-refractivity contribution in [2.24, 2.45) is 23.7 Å². The molecular weight excluding hydrogens is 326 g/mol. The van der Waals surface area contributed by atoms with Gasteiger partial charge in [-0.3, -0.25) is 9.59 Å². The van der Waals surface area contributed by atoms with E-state index in [0.29, 0.717) is 18.3 Å². The summed E-state index contributed by atoms with van der Waals surface area (Å²) in [4.78, 5) is 34.6. The molecule has 0 aliphatic heterocycles. The van der Waals surface area contributed by atoms with Crippen molar-refractivity contribution in [1.29, 1.82) is 0 Å². The Hall–Kier alpha value is -1.79. The van der Waals surface area contributed by atoms with Crippen LogP contribution in [0.1, 0.15) is 60.8 Å². The monoisotopic (exact) mass is 359 g/mol.